The molecule has 23 heavy (non-hydrogen) atoms. The van der Waals surface area contributed by atoms with Crippen molar-refractivity contribution in [2.75, 3.05) is 42.9 Å². The molecule has 1 amide bonds. The van der Waals surface area contributed by atoms with E-state index in [2.05, 4.69) is 37.0 Å². The maximum Gasteiger partial charge on any atom is 0.269 e. The summed E-state index contributed by atoms with van der Waals surface area (Å²) in [4.78, 5) is 29.5. The molecule has 0 saturated carbocycles. The van der Waals surface area contributed by atoms with Crippen molar-refractivity contribution in [1.82, 2.24) is 19.9 Å². The molecule has 1 aliphatic heterocycles. The number of hydrogen-bond acceptors (Lipinski definition) is 7. The Bertz CT molecular complexity index is 685. The maximum absolute atomic E-state index is 12.1. The average Bonchev–Trinajstić information content (AvgIpc) is 3.02. The normalized spacial score (nSPS) is 15.7. The van der Waals surface area contributed by atoms with Crippen molar-refractivity contribution in [2.45, 2.75) is 6.92 Å². The minimum absolute atomic E-state index is 0.287. The zero-order valence-electron chi connectivity index (χ0n) is 12.7. The van der Waals surface area contributed by atoms with E-state index in [0.29, 0.717) is 9.34 Å². The standard InChI is InChI=1S/C14H17ClN6OS/c1-2-20-5-7-21(8-6-20)11-3-4-16-14(18-11)19-12(22)10-9-17-13(15)23-10/h3-4,9H,2,5-8H2,1H3,(H,16,18,19,22). The van der Waals surface area contributed by atoms with Gasteiger partial charge in [-0.2, -0.15) is 4.98 Å². The van der Waals surface area contributed by atoms with E-state index in [9.17, 15) is 4.79 Å². The summed E-state index contributed by atoms with van der Waals surface area (Å²) in [6.45, 7) is 7.10. The number of nitrogens with one attached hydrogen (secondary N) is 1. The third kappa shape index (κ3) is 3.95. The second-order valence-corrected chi connectivity index (χ2v) is 6.70. The van der Waals surface area contributed by atoms with Crippen LogP contribution in [-0.2, 0) is 0 Å². The summed E-state index contributed by atoms with van der Waals surface area (Å²) in [5.41, 5.74) is 0. The van der Waals surface area contributed by atoms with Crippen molar-refractivity contribution < 1.29 is 4.79 Å². The number of carbonyl (C=O) groups excluding carboxylic acids is 1. The molecule has 3 heterocycles. The number of anilines is 2. The number of likely N-dealkylation sites (N-methyl/N-ethyl adjacent to an activating group) is 1. The van der Waals surface area contributed by atoms with E-state index < -0.39 is 0 Å². The first-order valence-electron chi connectivity index (χ1n) is 7.38. The van der Waals surface area contributed by atoms with E-state index in [1.165, 1.54) is 6.20 Å². The van der Waals surface area contributed by atoms with Gasteiger partial charge >= 0.3 is 0 Å². The molecule has 2 aromatic rings. The van der Waals surface area contributed by atoms with Gasteiger partial charge in [-0.25, -0.2) is 9.97 Å². The Balaban J connectivity index is 1.67. The molecule has 0 unspecified atom stereocenters. The van der Waals surface area contributed by atoms with Crippen molar-refractivity contribution in [3.8, 4) is 0 Å². The molecule has 0 aromatic carbocycles. The molecule has 1 fully saturated rings. The van der Waals surface area contributed by atoms with Crippen LogP contribution in [0, 0.1) is 0 Å². The van der Waals surface area contributed by atoms with E-state index in [1.54, 1.807) is 6.20 Å². The van der Waals surface area contributed by atoms with Gasteiger partial charge in [-0.05, 0) is 12.6 Å². The van der Waals surface area contributed by atoms with Gasteiger partial charge in [-0.15, -0.1) is 0 Å². The van der Waals surface area contributed by atoms with Crippen molar-refractivity contribution in [1.29, 1.82) is 0 Å². The highest BCUT2D eigenvalue weighted by Crippen LogP contribution is 2.19. The van der Waals surface area contributed by atoms with Gasteiger partial charge in [0.25, 0.3) is 5.91 Å². The fourth-order valence-corrected chi connectivity index (χ4v) is 3.23. The predicted octanol–water partition coefficient (Wildman–Crippen LogP) is 1.98. The van der Waals surface area contributed by atoms with Crippen LogP contribution in [0.4, 0.5) is 11.8 Å². The van der Waals surface area contributed by atoms with Crippen LogP contribution in [0.5, 0.6) is 0 Å². The minimum Gasteiger partial charge on any atom is -0.354 e. The topological polar surface area (TPSA) is 74.2 Å². The number of carbonyl (C=O) groups is 1. The van der Waals surface area contributed by atoms with Gasteiger partial charge in [-0.1, -0.05) is 29.9 Å². The number of halogens is 1. The molecule has 3 rings (SSSR count). The zero-order valence-corrected chi connectivity index (χ0v) is 14.3. The molecule has 0 atom stereocenters. The Labute approximate surface area is 143 Å². The van der Waals surface area contributed by atoms with E-state index in [1.807, 2.05) is 6.07 Å². The molecule has 1 saturated heterocycles. The van der Waals surface area contributed by atoms with E-state index in [4.69, 9.17) is 11.6 Å². The Hall–Kier alpha value is -1.77. The summed E-state index contributed by atoms with van der Waals surface area (Å²) >= 11 is 6.86. The lowest BCUT2D eigenvalue weighted by Gasteiger charge is -2.34. The number of aromatic nitrogens is 3. The number of hydrogen-bond donors (Lipinski definition) is 1. The Morgan fingerprint density at radius 1 is 1.35 bits per heavy atom. The maximum atomic E-state index is 12.1. The first kappa shape index (κ1) is 16.1. The summed E-state index contributed by atoms with van der Waals surface area (Å²) in [7, 11) is 0. The zero-order chi connectivity index (χ0) is 16.2. The van der Waals surface area contributed by atoms with Gasteiger partial charge in [0.2, 0.25) is 5.95 Å². The van der Waals surface area contributed by atoms with Gasteiger partial charge in [0.15, 0.2) is 4.47 Å². The van der Waals surface area contributed by atoms with Gasteiger partial charge in [0.1, 0.15) is 10.7 Å². The average molecular weight is 353 g/mol. The van der Waals surface area contributed by atoms with Gasteiger partial charge in [-0.3, -0.25) is 10.1 Å². The lowest BCUT2D eigenvalue weighted by Crippen LogP contribution is -2.46. The number of piperazine rings is 1. The third-order valence-corrected chi connectivity index (χ3v) is 4.82. The summed E-state index contributed by atoms with van der Waals surface area (Å²) in [5.74, 6) is 0.811. The largest absolute Gasteiger partial charge is 0.354 e. The lowest BCUT2D eigenvalue weighted by molar-refractivity contribution is 0.102. The van der Waals surface area contributed by atoms with Crippen LogP contribution in [0.2, 0.25) is 4.47 Å². The number of amides is 1. The number of thiazole rings is 1. The van der Waals surface area contributed by atoms with Gasteiger partial charge in [0, 0.05) is 32.4 Å². The Morgan fingerprint density at radius 3 is 2.78 bits per heavy atom. The molecule has 0 radical (unpaired) electrons. The number of rotatable bonds is 4. The van der Waals surface area contributed by atoms with E-state index >= 15 is 0 Å². The lowest BCUT2D eigenvalue weighted by atomic mass is 10.3. The van der Waals surface area contributed by atoms with Crippen LogP contribution in [0.3, 0.4) is 0 Å². The smallest absolute Gasteiger partial charge is 0.269 e. The molecular weight excluding hydrogens is 336 g/mol. The van der Waals surface area contributed by atoms with Crippen molar-refractivity contribution in [2.24, 2.45) is 0 Å². The van der Waals surface area contributed by atoms with Crippen molar-refractivity contribution in [3.63, 3.8) is 0 Å². The van der Waals surface area contributed by atoms with Crippen LogP contribution < -0.4 is 10.2 Å². The first-order chi connectivity index (χ1) is 11.2. The van der Waals surface area contributed by atoms with Crippen LogP contribution in [0.25, 0.3) is 0 Å². The first-order valence-corrected chi connectivity index (χ1v) is 8.58. The fourth-order valence-electron chi connectivity index (χ4n) is 2.40. The van der Waals surface area contributed by atoms with Crippen molar-refractivity contribution in [3.05, 3.63) is 27.8 Å². The molecule has 2 aromatic heterocycles. The Kier molecular flexibility index (Phi) is 5.04. The summed E-state index contributed by atoms with van der Waals surface area (Å²) in [5, 5.41) is 2.68. The minimum atomic E-state index is -0.303. The molecule has 122 valence electrons. The quantitative estimate of drug-likeness (QED) is 0.907. The highest BCUT2D eigenvalue weighted by atomic mass is 35.5. The molecular formula is C14H17ClN6OS. The summed E-state index contributed by atoms with van der Waals surface area (Å²) < 4.78 is 0.332. The van der Waals surface area contributed by atoms with E-state index in [-0.39, 0.29) is 11.9 Å². The predicted molar refractivity (Wildman–Crippen MR) is 91.4 cm³/mol. The van der Waals surface area contributed by atoms with Crippen molar-refractivity contribution >= 4 is 40.6 Å². The van der Waals surface area contributed by atoms with Crippen LogP contribution in [0.15, 0.2) is 18.5 Å². The molecule has 7 nitrogen and oxygen atoms in total. The molecule has 0 bridgehead atoms. The van der Waals surface area contributed by atoms with E-state index in [0.717, 1.165) is 49.9 Å². The summed E-state index contributed by atoms with van der Waals surface area (Å²) in [6, 6.07) is 1.86. The Morgan fingerprint density at radius 2 is 2.13 bits per heavy atom. The fraction of sp³-hybridized carbons (Fsp3) is 0.429. The molecule has 9 heteroatoms. The molecule has 0 spiro atoms. The molecule has 1 N–H and O–H groups in total. The van der Waals surface area contributed by atoms with Crippen LogP contribution >= 0.6 is 22.9 Å². The molecule has 0 aliphatic carbocycles. The highest BCUT2D eigenvalue weighted by molar-refractivity contribution is 7.17. The van der Waals surface area contributed by atoms with Crippen LogP contribution in [0.1, 0.15) is 16.6 Å². The monoisotopic (exact) mass is 352 g/mol. The number of nitrogens with zero attached hydrogens (tertiary/aromatic N) is 5. The molecule has 1 aliphatic rings. The second kappa shape index (κ2) is 7.20. The highest BCUT2D eigenvalue weighted by Gasteiger charge is 2.18. The third-order valence-electron chi connectivity index (χ3n) is 3.71. The summed E-state index contributed by atoms with van der Waals surface area (Å²) in [6.07, 6.45) is 3.10. The van der Waals surface area contributed by atoms with Crippen LogP contribution in [-0.4, -0.2) is 58.5 Å². The van der Waals surface area contributed by atoms with Gasteiger partial charge < -0.3 is 9.80 Å². The SMILES string of the molecule is CCN1CCN(c2ccnc(NC(=O)c3cnc(Cl)s3)n2)CC1. The van der Waals surface area contributed by atoms with Gasteiger partial charge in [0.05, 0.1) is 6.20 Å². The second-order valence-electron chi connectivity index (χ2n) is 5.09.